The monoisotopic (exact) mass is 317 g/mol. The summed E-state index contributed by atoms with van der Waals surface area (Å²) in [6.07, 6.45) is 6.66. The van der Waals surface area contributed by atoms with Gasteiger partial charge in [0.05, 0.1) is 11.2 Å². The molecule has 1 aliphatic carbocycles. The largest absolute Gasteiger partial charge is 0.387 e. The van der Waals surface area contributed by atoms with E-state index in [4.69, 9.17) is 5.73 Å². The second-order valence-corrected chi connectivity index (χ2v) is 5.94. The highest BCUT2D eigenvalue weighted by Crippen LogP contribution is 2.29. The summed E-state index contributed by atoms with van der Waals surface area (Å²) in [7, 11) is 0. The summed E-state index contributed by atoms with van der Waals surface area (Å²) in [5.41, 5.74) is 7.92. The lowest BCUT2D eigenvalue weighted by atomic mass is 10.1. The van der Waals surface area contributed by atoms with Crippen LogP contribution >= 0.6 is 15.9 Å². The van der Waals surface area contributed by atoms with Crippen LogP contribution in [0.4, 0.5) is 5.69 Å². The molecule has 0 aliphatic heterocycles. The minimum atomic E-state index is 0.450. The quantitative estimate of drug-likeness (QED) is 0.667. The Balaban J connectivity index is 2.02. The number of benzene rings is 1. The first-order chi connectivity index (χ1) is 9.24. The van der Waals surface area contributed by atoms with Gasteiger partial charge < -0.3 is 5.73 Å². The summed E-state index contributed by atoms with van der Waals surface area (Å²) in [6, 6.07) is 8.06. The van der Waals surface area contributed by atoms with Gasteiger partial charge in [0.15, 0.2) is 0 Å². The molecule has 0 amide bonds. The molecule has 4 heteroatoms. The highest BCUT2D eigenvalue weighted by Gasteiger charge is 2.18. The minimum absolute atomic E-state index is 0.450. The molecular weight excluding hydrogens is 302 g/mol. The molecule has 0 saturated heterocycles. The van der Waals surface area contributed by atoms with Crippen LogP contribution in [0.25, 0.3) is 10.9 Å². The first kappa shape index (κ1) is 12.6. The van der Waals surface area contributed by atoms with Crippen LogP contribution < -0.4 is 5.73 Å². The Morgan fingerprint density at radius 2 is 2.11 bits per heavy atom. The van der Waals surface area contributed by atoms with Crippen molar-refractivity contribution in [1.29, 1.82) is 0 Å². The molecule has 0 atom stereocenters. The van der Waals surface area contributed by atoms with Gasteiger partial charge >= 0.3 is 0 Å². The SMILES string of the molecule is NC(=Nc1cccc2cc(Br)cnc12)C1CCCC1. The Hall–Kier alpha value is -1.42. The van der Waals surface area contributed by atoms with Crippen LogP contribution in [0.15, 0.2) is 39.9 Å². The molecule has 2 aromatic rings. The van der Waals surface area contributed by atoms with E-state index in [2.05, 4.69) is 25.9 Å². The van der Waals surface area contributed by atoms with Crippen molar-refractivity contribution < 1.29 is 0 Å². The van der Waals surface area contributed by atoms with E-state index in [-0.39, 0.29) is 0 Å². The van der Waals surface area contributed by atoms with E-state index in [1.165, 1.54) is 25.7 Å². The molecule has 1 aromatic heterocycles. The standard InChI is InChI=1S/C15H16BrN3/c16-12-8-11-6-3-7-13(14(11)18-9-12)19-15(17)10-4-1-2-5-10/h3,6-10H,1-2,4-5H2,(H2,17,19). The number of para-hydroxylation sites is 1. The van der Waals surface area contributed by atoms with Gasteiger partial charge in [-0.25, -0.2) is 4.99 Å². The normalized spacial score (nSPS) is 17.2. The van der Waals surface area contributed by atoms with Crippen molar-refractivity contribution in [2.45, 2.75) is 25.7 Å². The fourth-order valence-electron chi connectivity index (χ4n) is 2.66. The van der Waals surface area contributed by atoms with Crippen LogP contribution in [0.2, 0.25) is 0 Å². The maximum Gasteiger partial charge on any atom is 0.103 e. The molecule has 3 rings (SSSR count). The number of hydrogen-bond acceptors (Lipinski definition) is 2. The zero-order chi connectivity index (χ0) is 13.2. The van der Waals surface area contributed by atoms with Crippen molar-refractivity contribution in [2.75, 3.05) is 0 Å². The van der Waals surface area contributed by atoms with Crippen molar-refractivity contribution in [2.24, 2.45) is 16.6 Å². The molecule has 0 unspecified atom stereocenters. The molecule has 3 nitrogen and oxygen atoms in total. The second kappa shape index (κ2) is 5.29. The third-order valence-corrected chi connectivity index (χ3v) is 4.11. The Morgan fingerprint density at radius 3 is 2.89 bits per heavy atom. The maximum absolute atomic E-state index is 6.14. The molecule has 1 saturated carbocycles. The van der Waals surface area contributed by atoms with E-state index in [1.807, 2.05) is 24.3 Å². The Labute approximate surface area is 121 Å². The molecule has 0 bridgehead atoms. The van der Waals surface area contributed by atoms with Gasteiger partial charge in [-0.1, -0.05) is 25.0 Å². The average Bonchev–Trinajstić information content (AvgIpc) is 2.92. The van der Waals surface area contributed by atoms with Gasteiger partial charge in [0.1, 0.15) is 5.84 Å². The summed E-state index contributed by atoms with van der Waals surface area (Å²) in [4.78, 5) is 9.07. The lowest BCUT2D eigenvalue weighted by Gasteiger charge is -2.09. The third kappa shape index (κ3) is 2.63. The van der Waals surface area contributed by atoms with Crippen molar-refractivity contribution in [3.8, 4) is 0 Å². The molecule has 0 radical (unpaired) electrons. The Kier molecular flexibility index (Phi) is 3.51. The van der Waals surface area contributed by atoms with Gasteiger partial charge in [-0.05, 0) is 40.9 Å². The highest BCUT2D eigenvalue weighted by atomic mass is 79.9. The van der Waals surface area contributed by atoms with Crippen LogP contribution in [-0.4, -0.2) is 10.8 Å². The molecule has 1 heterocycles. The fraction of sp³-hybridized carbons (Fsp3) is 0.333. The van der Waals surface area contributed by atoms with Crippen LogP contribution in [0.3, 0.4) is 0 Å². The van der Waals surface area contributed by atoms with Gasteiger partial charge in [-0.15, -0.1) is 0 Å². The first-order valence-electron chi connectivity index (χ1n) is 6.62. The maximum atomic E-state index is 6.14. The molecule has 1 aliphatic rings. The zero-order valence-electron chi connectivity index (χ0n) is 10.6. The van der Waals surface area contributed by atoms with Crippen LogP contribution in [-0.2, 0) is 0 Å². The van der Waals surface area contributed by atoms with E-state index in [1.54, 1.807) is 6.20 Å². The number of nitrogens with zero attached hydrogens (tertiary/aromatic N) is 2. The molecule has 98 valence electrons. The zero-order valence-corrected chi connectivity index (χ0v) is 12.2. The smallest absolute Gasteiger partial charge is 0.103 e. The number of rotatable bonds is 2. The van der Waals surface area contributed by atoms with Crippen molar-refractivity contribution >= 4 is 38.4 Å². The van der Waals surface area contributed by atoms with Gasteiger partial charge in [-0.2, -0.15) is 0 Å². The van der Waals surface area contributed by atoms with Crippen molar-refractivity contribution in [3.05, 3.63) is 34.9 Å². The Morgan fingerprint density at radius 1 is 1.32 bits per heavy atom. The van der Waals surface area contributed by atoms with Crippen molar-refractivity contribution in [3.63, 3.8) is 0 Å². The minimum Gasteiger partial charge on any atom is -0.387 e. The topological polar surface area (TPSA) is 51.3 Å². The summed E-state index contributed by atoms with van der Waals surface area (Å²) in [6.45, 7) is 0. The van der Waals surface area contributed by atoms with Crippen LogP contribution in [0.5, 0.6) is 0 Å². The van der Waals surface area contributed by atoms with Crippen LogP contribution in [0, 0.1) is 5.92 Å². The van der Waals surface area contributed by atoms with Crippen LogP contribution in [0.1, 0.15) is 25.7 Å². The number of amidine groups is 1. The molecule has 1 aromatic carbocycles. The van der Waals surface area contributed by atoms with Gasteiger partial charge in [-0.3, -0.25) is 4.98 Å². The predicted molar refractivity (Wildman–Crippen MR) is 82.7 cm³/mol. The van der Waals surface area contributed by atoms with E-state index in [0.717, 1.165) is 26.9 Å². The number of nitrogens with two attached hydrogens (primary N) is 1. The van der Waals surface area contributed by atoms with Crippen molar-refractivity contribution in [1.82, 2.24) is 4.98 Å². The van der Waals surface area contributed by atoms with Gasteiger partial charge in [0.2, 0.25) is 0 Å². The highest BCUT2D eigenvalue weighted by molar-refractivity contribution is 9.10. The molecule has 19 heavy (non-hydrogen) atoms. The lowest BCUT2D eigenvalue weighted by Crippen LogP contribution is -2.20. The Bertz CT molecular complexity index is 630. The first-order valence-corrected chi connectivity index (χ1v) is 7.41. The molecule has 2 N–H and O–H groups in total. The van der Waals surface area contributed by atoms with Gasteiger partial charge in [0.25, 0.3) is 0 Å². The second-order valence-electron chi connectivity index (χ2n) is 5.02. The summed E-state index contributed by atoms with van der Waals surface area (Å²) < 4.78 is 0.977. The number of aromatic nitrogens is 1. The van der Waals surface area contributed by atoms with E-state index < -0.39 is 0 Å². The molecular formula is C15H16BrN3. The van der Waals surface area contributed by atoms with Gasteiger partial charge in [0, 0.05) is 22.0 Å². The number of halogens is 1. The number of fused-ring (bicyclic) bond motifs is 1. The van der Waals surface area contributed by atoms with E-state index in [0.29, 0.717) is 5.92 Å². The third-order valence-electron chi connectivity index (χ3n) is 3.68. The van der Waals surface area contributed by atoms with E-state index >= 15 is 0 Å². The number of hydrogen-bond donors (Lipinski definition) is 1. The fourth-order valence-corrected chi connectivity index (χ4v) is 3.01. The number of aliphatic imine (C=N–C) groups is 1. The molecule has 1 fully saturated rings. The number of pyridine rings is 1. The summed E-state index contributed by atoms with van der Waals surface area (Å²) in [5, 5.41) is 1.08. The summed E-state index contributed by atoms with van der Waals surface area (Å²) >= 11 is 3.44. The lowest BCUT2D eigenvalue weighted by molar-refractivity contribution is 0.722. The summed E-state index contributed by atoms with van der Waals surface area (Å²) in [5.74, 6) is 1.21. The molecule has 0 spiro atoms. The predicted octanol–water partition coefficient (Wildman–Crippen LogP) is 4.18. The average molecular weight is 318 g/mol. The van der Waals surface area contributed by atoms with E-state index in [9.17, 15) is 0 Å².